The van der Waals surface area contributed by atoms with Crippen LogP contribution in [0.1, 0.15) is 30.1 Å². The van der Waals surface area contributed by atoms with Gasteiger partial charge in [0, 0.05) is 6.04 Å². The second kappa shape index (κ2) is 6.87. The summed E-state index contributed by atoms with van der Waals surface area (Å²) < 4.78 is 4.90. The van der Waals surface area contributed by atoms with Gasteiger partial charge in [0.15, 0.2) is 0 Å². The minimum Gasteiger partial charge on any atom is -0.468 e. The van der Waals surface area contributed by atoms with Gasteiger partial charge >= 0.3 is 5.97 Å². The lowest BCUT2D eigenvalue weighted by atomic mass is 10.0. The third-order valence-electron chi connectivity index (χ3n) is 3.29. The number of carbonyl (C=O) groups excluding carboxylic acids is 1. The molecule has 0 saturated heterocycles. The van der Waals surface area contributed by atoms with Gasteiger partial charge < -0.3 is 4.74 Å². The van der Waals surface area contributed by atoms with Gasteiger partial charge in [0.05, 0.1) is 7.11 Å². The molecule has 0 aromatic heterocycles. The monoisotopic (exact) mass is 269 g/mol. The van der Waals surface area contributed by atoms with Gasteiger partial charge in [0.25, 0.3) is 0 Å². The number of benzene rings is 2. The van der Waals surface area contributed by atoms with E-state index < -0.39 is 6.04 Å². The molecule has 0 heterocycles. The minimum absolute atomic E-state index is 0.0560. The molecule has 1 N–H and O–H groups in total. The molecule has 2 aromatic rings. The Hall–Kier alpha value is -2.13. The molecule has 0 aliphatic heterocycles. The highest BCUT2D eigenvalue weighted by Gasteiger charge is 2.23. The lowest BCUT2D eigenvalue weighted by Gasteiger charge is -2.22. The first-order valence-corrected chi connectivity index (χ1v) is 6.66. The maximum atomic E-state index is 12.0. The largest absolute Gasteiger partial charge is 0.468 e. The van der Waals surface area contributed by atoms with Crippen LogP contribution in [0.25, 0.3) is 0 Å². The molecule has 2 aromatic carbocycles. The van der Waals surface area contributed by atoms with Gasteiger partial charge in [0.2, 0.25) is 0 Å². The number of carbonyl (C=O) groups is 1. The molecule has 2 rings (SSSR count). The topological polar surface area (TPSA) is 38.3 Å². The average molecular weight is 269 g/mol. The van der Waals surface area contributed by atoms with Crippen molar-refractivity contribution < 1.29 is 9.53 Å². The van der Waals surface area contributed by atoms with Gasteiger partial charge in [-0.3, -0.25) is 5.32 Å². The lowest BCUT2D eigenvalue weighted by Crippen LogP contribution is -2.31. The van der Waals surface area contributed by atoms with Crippen molar-refractivity contribution in [1.82, 2.24) is 5.32 Å². The van der Waals surface area contributed by atoms with Crippen molar-refractivity contribution in [1.29, 1.82) is 0 Å². The van der Waals surface area contributed by atoms with Crippen molar-refractivity contribution >= 4 is 5.97 Å². The summed E-state index contributed by atoms with van der Waals surface area (Å²) in [6, 6.07) is 19.2. The van der Waals surface area contributed by atoms with Gasteiger partial charge in [-0.1, -0.05) is 60.7 Å². The van der Waals surface area contributed by atoms with E-state index in [4.69, 9.17) is 4.74 Å². The van der Waals surface area contributed by atoms with Crippen LogP contribution in [0, 0.1) is 0 Å². The van der Waals surface area contributed by atoms with Crippen LogP contribution in [-0.4, -0.2) is 13.1 Å². The van der Waals surface area contributed by atoms with Crippen molar-refractivity contribution in [2.75, 3.05) is 7.11 Å². The van der Waals surface area contributed by atoms with Crippen LogP contribution in [0.4, 0.5) is 0 Å². The van der Waals surface area contributed by atoms with Gasteiger partial charge in [-0.05, 0) is 18.1 Å². The molecule has 0 amide bonds. The third kappa shape index (κ3) is 3.45. The molecule has 0 spiro atoms. The fourth-order valence-electron chi connectivity index (χ4n) is 2.15. The van der Waals surface area contributed by atoms with Crippen molar-refractivity contribution in [3.05, 3.63) is 71.8 Å². The fraction of sp³-hybridized carbons (Fsp3) is 0.235. The van der Waals surface area contributed by atoms with E-state index in [-0.39, 0.29) is 12.0 Å². The van der Waals surface area contributed by atoms with Crippen molar-refractivity contribution in [2.45, 2.75) is 19.0 Å². The van der Waals surface area contributed by atoms with Crippen LogP contribution in [-0.2, 0) is 9.53 Å². The summed E-state index contributed by atoms with van der Waals surface area (Å²) in [4.78, 5) is 12.0. The average Bonchev–Trinajstić information content (AvgIpc) is 2.53. The minimum atomic E-state index is -0.462. The van der Waals surface area contributed by atoms with E-state index in [1.165, 1.54) is 7.11 Å². The fourth-order valence-corrected chi connectivity index (χ4v) is 2.15. The van der Waals surface area contributed by atoms with E-state index >= 15 is 0 Å². The molecule has 0 fully saturated rings. The van der Waals surface area contributed by atoms with Gasteiger partial charge in [-0.2, -0.15) is 0 Å². The van der Waals surface area contributed by atoms with Crippen LogP contribution >= 0.6 is 0 Å². The number of methoxy groups -OCH3 is 1. The zero-order valence-corrected chi connectivity index (χ0v) is 11.7. The van der Waals surface area contributed by atoms with Crippen LogP contribution in [0.15, 0.2) is 60.7 Å². The standard InChI is InChI=1S/C17H19NO2/c1-13(14-9-5-3-6-10-14)18-16(17(19)20-2)15-11-7-4-8-12-15/h3-13,16,18H,1-2H3/t13-,16+/m1/s1. The van der Waals surface area contributed by atoms with Gasteiger partial charge in [-0.15, -0.1) is 0 Å². The first-order chi connectivity index (χ1) is 9.72. The Morgan fingerprint density at radius 3 is 1.95 bits per heavy atom. The maximum absolute atomic E-state index is 12.0. The van der Waals surface area contributed by atoms with E-state index in [9.17, 15) is 4.79 Å². The van der Waals surface area contributed by atoms with Gasteiger partial charge in [-0.25, -0.2) is 4.79 Å². The Bertz CT molecular complexity index is 539. The van der Waals surface area contributed by atoms with Crippen LogP contribution < -0.4 is 5.32 Å². The van der Waals surface area contributed by atoms with Crippen molar-refractivity contribution in [2.24, 2.45) is 0 Å². The zero-order chi connectivity index (χ0) is 14.4. The number of ether oxygens (including phenoxy) is 1. The van der Waals surface area contributed by atoms with Crippen molar-refractivity contribution in [3.8, 4) is 0 Å². The smallest absolute Gasteiger partial charge is 0.327 e. The first-order valence-electron chi connectivity index (χ1n) is 6.66. The molecule has 0 unspecified atom stereocenters. The summed E-state index contributed by atoms with van der Waals surface area (Å²) in [5.41, 5.74) is 2.04. The summed E-state index contributed by atoms with van der Waals surface area (Å²) in [6.07, 6.45) is 0. The van der Waals surface area contributed by atoms with E-state index in [1.807, 2.05) is 67.6 Å². The Labute approximate surface area is 119 Å². The lowest BCUT2D eigenvalue weighted by molar-refractivity contribution is -0.143. The van der Waals surface area contributed by atoms with E-state index in [0.29, 0.717) is 0 Å². The summed E-state index contributed by atoms with van der Waals surface area (Å²) in [7, 11) is 1.41. The Balaban J connectivity index is 2.19. The molecular weight excluding hydrogens is 250 g/mol. The summed E-state index contributed by atoms with van der Waals surface area (Å²) >= 11 is 0. The predicted octanol–water partition coefficient (Wildman–Crippen LogP) is 3.25. The number of hydrogen-bond donors (Lipinski definition) is 1. The number of nitrogens with one attached hydrogen (secondary N) is 1. The number of hydrogen-bond acceptors (Lipinski definition) is 3. The van der Waals surface area contributed by atoms with E-state index in [1.54, 1.807) is 0 Å². The van der Waals surface area contributed by atoms with Crippen LogP contribution in [0.3, 0.4) is 0 Å². The molecular formula is C17H19NO2. The molecule has 3 nitrogen and oxygen atoms in total. The second-order valence-corrected chi connectivity index (χ2v) is 4.67. The molecule has 3 heteroatoms. The molecule has 0 aliphatic carbocycles. The SMILES string of the molecule is COC(=O)[C@@H](N[C@H](C)c1ccccc1)c1ccccc1. The van der Waals surface area contributed by atoms with Crippen molar-refractivity contribution in [3.63, 3.8) is 0 Å². The number of esters is 1. The third-order valence-corrected chi connectivity index (χ3v) is 3.29. The predicted molar refractivity (Wildman–Crippen MR) is 79.2 cm³/mol. The summed E-state index contributed by atoms with van der Waals surface area (Å²) in [6.45, 7) is 2.04. The molecule has 2 atom stereocenters. The Morgan fingerprint density at radius 2 is 1.45 bits per heavy atom. The second-order valence-electron chi connectivity index (χ2n) is 4.67. The Kier molecular flexibility index (Phi) is 4.91. The molecule has 20 heavy (non-hydrogen) atoms. The van der Waals surface area contributed by atoms with E-state index in [0.717, 1.165) is 11.1 Å². The number of rotatable bonds is 5. The highest BCUT2D eigenvalue weighted by molar-refractivity contribution is 5.77. The van der Waals surface area contributed by atoms with Crippen LogP contribution in [0.2, 0.25) is 0 Å². The normalized spacial score (nSPS) is 13.5. The summed E-state index contributed by atoms with van der Waals surface area (Å²) in [5, 5.41) is 3.33. The summed E-state index contributed by atoms with van der Waals surface area (Å²) in [5.74, 6) is -0.279. The quantitative estimate of drug-likeness (QED) is 0.847. The molecule has 104 valence electrons. The van der Waals surface area contributed by atoms with E-state index in [2.05, 4.69) is 5.32 Å². The van der Waals surface area contributed by atoms with Crippen LogP contribution in [0.5, 0.6) is 0 Å². The highest BCUT2D eigenvalue weighted by Crippen LogP contribution is 2.20. The first kappa shape index (κ1) is 14.3. The Morgan fingerprint density at radius 1 is 0.950 bits per heavy atom. The molecule has 0 bridgehead atoms. The highest BCUT2D eigenvalue weighted by atomic mass is 16.5. The molecule has 0 saturated carbocycles. The van der Waals surface area contributed by atoms with Gasteiger partial charge in [0.1, 0.15) is 6.04 Å². The zero-order valence-electron chi connectivity index (χ0n) is 11.7. The molecule has 0 aliphatic rings. The maximum Gasteiger partial charge on any atom is 0.327 e. The molecule has 0 radical (unpaired) electrons.